The molecular formula is C13H13N3O2. The van der Waals surface area contributed by atoms with E-state index >= 15 is 0 Å². The van der Waals surface area contributed by atoms with E-state index in [1.165, 1.54) is 0 Å². The van der Waals surface area contributed by atoms with Gasteiger partial charge in [-0.2, -0.15) is 5.26 Å². The second-order valence-corrected chi connectivity index (χ2v) is 3.75. The van der Waals surface area contributed by atoms with Gasteiger partial charge in [-0.25, -0.2) is 4.79 Å². The number of benzene rings is 1. The van der Waals surface area contributed by atoms with Crippen LogP contribution >= 0.6 is 0 Å². The van der Waals surface area contributed by atoms with Crippen molar-refractivity contribution in [3.63, 3.8) is 0 Å². The van der Waals surface area contributed by atoms with Gasteiger partial charge in [-0.15, -0.1) is 0 Å². The summed E-state index contributed by atoms with van der Waals surface area (Å²) in [6.07, 6.45) is 1.67. The molecule has 0 unspecified atom stereocenters. The first-order chi connectivity index (χ1) is 8.74. The Bertz CT molecular complexity index is 610. The molecule has 1 aromatic heterocycles. The summed E-state index contributed by atoms with van der Waals surface area (Å²) < 4.78 is 4.81. The third kappa shape index (κ3) is 2.43. The maximum absolute atomic E-state index is 11.3. The average Bonchev–Trinajstić information content (AvgIpc) is 2.73. The number of carbonyl (C=O) groups is 1. The molecule has 0 aliphatic rings. The number of rotatable bonds is 3. The molecule has 2 aromatic rings. The highest BCUT2D eigenvalue weighted by molar-refractivity contribution is 5.91. The number of nitriles is 1. The highest BCUT2D eigenvalue weighted by Gasteiger charge is 2.06. The molecule has 0 aliphatic carbocycles. The SMILES string of the molecule is CCOC(=O)Nc1ccc2[nH]cc(CC#N)c2c1. The van der Waals surface area contributed by atoms with Crippen LogP contribution in [0.5, 0.6) is 0 Å². The van der Waals surface area contributed by atoms with Crippen molar-refractivity contribution in [1.82, 2.24) is 4.98 Å². The summed E-state index contributed by atoms with van der Waals surface area (Å²) in [5.74, 6) is 0. The fourth-order valence-corrected chi connectivity index (χ4v) is 1.77. The first kappa shape index (κ1) is 12.0. The number of aromatic nitrogens is 1. The van der Waals surface area contributed by atoms with Crippen LogP contribution in [0.3, 0.4) is 0 Å². The van der Waals surface area contributed by atoms with Gasteiger partial charge < -0.3 is 9.72 Å². The summed E-state index contributed by atoms with van der Waals surface area (Å²) in [5, 5.41) is 12.3. The lowest BCUT2D eigenvalue weighted by Gasteiger charge is -2.05. The third-order valence-electron chi connectivity index (χ3n) is 2.56. The number of ether oxygens (including phenoxy) is 1. The van der Waals surface area contributed by atoms with Gasteiger partial charge in [0.15, 0.2) is 0 Å². The Morgan fingerprint density at radius 1 is 1.56 bits per heavy atom. The van der Waals surface area contributed by atoms with Gasteiger partial charge in [0.25, 0.3) is 0 Å². The van der Waals surface area contributed by atoms with Crippen molar-refractivity contribution >= 4 is 22.7 Å². The molecule has 0 radical (unpaired) electrons. The van der Waals surface area contributed by atoms with Crippen molar-refractivity contribution in [2.45, 2.75) is 13.3 Å². The molecule has 1 heterocycles. The summed E-state index contributed by atoms with van der Waals surface area (Å²) in [4.78, 5) is 14.4. The van der Waals surface area contributed by atoms with Crippen LogP contribution in [0.4, 0.5) is 10.5 Å². The van der Waals surface area contributed by atoms with E-state index in [0.29, 0.717) is 18.7 Å². The number of anilines is 1. The summed E-state index contributed by atoms with van der Waals surface area (Å²) >= 11 is 0. The molecule has 18 heavy (non-hydrogen) atoms. The number of hydrogen-bond acceptors (Lipinski definition) is 3. The summed E-state index contributed by atoms with van der Waals surface area (Å²) in [7, 11) is 0. The maximum Gasteiger partial charge on any atom is 0.411 e. The van der Waals surface area contributed by atoms with Crippen LogP contribution in [0.15, 0.2) is 24.4 Å². The molecule has 0 spiro atoms. The number of nitrogens with one attached hydrogen (secondary N) is 2. The quantitative estimate of drug-likeness (QED) is 0.870. The van der Waals surface area contributed by atoms with Gasteiger partial charge >= 0.3 is 6.09 Å². The van der Waals surface area contributed by atoms with Crippen LogP contribution < -0.4 is 5.32 Å². The number of fused-ring (bicyclic) bond motifs is 1. The first-order valence-electron chi connectivity index (χ1n) is 5.65. The maximum atomic E-state index is 11.3. The Morgan fingerprint density at radius 2 is 2.39 bits per heavy atom. The van der Waals surface area contributed by atoms with Gasteiger partial charge in [0.05, 0.1) is 19.1 Å². The van der Waals surface area contributed by atoms with Gasteiger partial charge in [-0.05, 0) is 30.7 Å². The molecule has 2 rings (SSSR count). The number of hydrogen-bond donors (Lipinski definition) is 2. The fourth-order valence-electron chi connectivity index (χ4n) is 1.77. The lowest BCUT2D eigenvalue weighted by Crippen LogP contribution is -2.13. The third-order valence-corrected chi connectivity index (χ3v) is 2.56. The number of aromatic amines is 1. The highest BCUT2D eigenvalue weighted by atomic mass is 16.5. The zero-order valence-electron chi connectivity index (χ0n) is 9.99. The van der Waals surface area contributed by atoms with Gasteiger partial charge in [0, 0.05) is 22.8 Å². The van der Waals surface area contributed by atoms with Gasteiger partial charge in [-0.1, -0.05) is 0 Å². The van der Waals surface area contributed by atoms with Crippen molar-refractivity contribution < 1.29 is 9.53 Å². The Labute approximate surface area is 104 Å². The summed E-state index contributed by atoms with van der Waals surface area (Å²) in [5.41, 5.74) is 2.51. The predicted octanol–water partition coefficient (Wildman–Crippen LogP) is 2.80. The number of carbonyl (C=O) groups excluding carboxylic acids is 1. The molecule has 0 saturated carbocycles. The van der Waals surface area contributed by atoms with E-state index in [9.17, 15) is 4.79 Å². The molecule has 0 saturated heterocycles. The fraction of sp³-hybridized carbons (Fsp3) is 0.231. The molecule has 5 nitrogen and oxygen atoms in total. The van der Waals surface area contributed by atoms with E-state index in [1.54, 1.807) is 13.0 Å². The Hall–Kier alpha value is -2.48. The van der Waals surface area contributed by atoms with E-state index < -0.39 is 6.09 Å². The van der Waals surface area contributed by atoms with Crippen LogP contribution in [0.25, 0.3) is 10.9 Å². The molecule has 1 amide bonds. The predicted molar refractivity (Wildman–Crippen MR) is 68.3 cm³/mol. The minimum atomic E-state index is -0.478. The van der Waals surface area contributed by atoms with Crippen molar-refractivity contribution in [2.24, 2.45) is 0 Å². The molecule has 1 aromatic carbocycles. The largest absolute Gasteiger partial charge is 0.450 e. The molecule has 0 bridgehead atoms. The smallest absolute Gasteiger partial charge is 0.411 e. The van der Waals surface area contributed by atoms with Crippen LogP contribution in [0.2, 0.25) is 0 Å². The zero-order chi connectivity index (χ0) is 13.0. The minimum absolute atomic E-state index is 0.331. The average molecular weight is 243 g/mol. The molecule has 92 valence electrons. The first-order valence-corrected chi connectivity index (χ1v) is 5.65. The second kappa shape index (κ2) is 5.23. The van der Waals surface area contributed by atoms with E-state index in [0.717, 1.165) is 16.5 Å². The Balaban J connectivity index is 2.28. The summed E-state index contributed by atoms with van der Waals surface area (Å²) in [6.45, 7) is 2.08. The molecule has 5 heteroatoms. The van der Waals surface area contributed by atoms with Crippen LogP contribution in [-0.2, 0) is 11.2 Å². The number of amides is 1. The Kier molecular flexibility index (Phi) is 3.49. The number of nitrogens with zero attached hydrogens (tertiary/aromatic N) is 1. The topological polar surface area (TPSA) is 77.9 Å². The van der Waals surface area contributed by atoms with Gasteiger partial charge in [-0.3, -0.25) is 5.32 Å². The van der Waals surface area contributed by atoms with Gasteiger partial charge in [0.1, 0.15) is 0 Å². The molecule has 0 atom stereocenters. The van der Waals surface area contributed by atoms with E-state index in [2.05, 4.69) is 16.4 Å². The summed E-state index contributed by atoms with van der Waals surface area (Å²) in [6, 6.07) is 7.58. The van der Waals surface area contributed by atoms with Gasteiger partial charge in [0.2, 0.25) is 0 Å². The van der Waals surface area contributed by atoms with Crippen LogP contribution in [-0.4, -0.2) is 17.7 Å². The molecule has 0 fully saturated rings. The Morgan fingerprint density at radius 3 is 3.11 bits per heavy atom. The lowest BCUT2D eigenvalue weighted by molar-refractivity contribution is 0.168. The molecule has 0 aliphatic heterocycles. The van der Waals surface area contributed by atoms with E-state index in [4.69, 9.17) is 10.00 Å². The van der Waals surface area contributed by atoms with Crippen molar-refractivity contribution in [3.05, 3.63) is 30.0 Å². The number of H-pyrrole nitrogens is 1. The van der Waals surface area contributed by atoms with Crippen molar-refractivity contribution in [3.8, 4) is 6.07 Å². The van der Waals surface area contributed by atoms with Crippen LogP contribution in [0, 0.1) is 11.3 Å². The zero-order valence-corrected chi connectivity index (χ0v) is 9.99. The molecular weight excluding hydrogens is 230 g/mol. The van der Waals surface area contributed by atoms with Crippen molar-refractivity contribution in [2.75, 3.05) is 11.9 Å². The van der Waals surface area contributed by atoms with Crippen molar-refractivity contribution in [1.29, 1.82) is 5.26 Å². The normalized spacial score (nSPS) is 10.0. The van der Waals surface area contributed by atoms with Crippen LogP contribution in [0.1, 0.15) is 12.5 Å². The minimum Gasteiger partial charge on any atom is -0.450 e. The standard InChI is InChI=1S/C13H13N3O2/c1-2-18-13(17)16-10-3-4-12-11(7-10)9(5-6-14)8-15-12/h3-4,7-8,15H,2,5H2,1H3,(H,16,17). The highest BCUT2D eigenvalue weighted by Crippen LogP contribution is 2.22. The van der Waals surface area contributed by atoms with E-state index in [-0.39, 0.29) is 0 Å². The lowest BCUT2D eigenvalue weighted by atomic mass is 10.1. The monoisotopic (exact) mass is 243 g/mol. The second-order valence-electron chi connectivity index (χ2n) is 3.75. The molecule has 2 N–H and O–H groups in total. The van der Waals surface area contributed by atoms with E-state index in [1.807, 2.05) is 18.3 Å².